The van der Waals surface area contributed by atoms with Gasteiger partial charge in [0.05, 0.1) is 7.11 Å². The number of methoxy groups -OCH3 is 1. The van der Waals surface area contributed by atoms with Crippen LogP contribution in [0.2, 0.25) is 0 Å². The van der Waals surface area contributed by atoms with E-state index in [9.17, 15) is 4.39 Å². The molecule has 0 amide bonds. The lowest BCUT2D eigenvalue weighted by molar-refractivity contribution is 0.386. The van der Waals surface area contributed by atoms with Crippen molar-refractivity contribution in [3.05, 3.63) is 58.9 Å². The van der Waals surface area contributed by atoms with Crippen LogP contribution in [-0.4, -0.2) is 7.11 Å². The molecule has 2 rings (SSSR count). The van der Waals surface area contributed by atoms with E-state index in [-0.39, 0.29) is 11.6 Å². The van der Waals surface area contributed by atoms with E-state index in [1.807, 2.05) is 12.1 Å². The number of aryl methyl sites for hydroxylation is 1. The molecule has 0 unspecified atom stereocenters. The quantitative estimate of drug-likeness (QED) is 0.894. The van der Waals surface area contributed by atoms with Crippen LogP contribution in [0.1, 0.15) is 16.7 Å². The van der Waals surface area contributed by atoms with Crippen molar-refractivity contribution in [2.75, 3.05) is 12.4 Å². The number of anilines is 1. The maximum Gasteiger partial charge on any atom is 0.167 e. The van der Waals surface area contributed by atoms with E-state index in [2.05, 4.69) is 31.3 Å². The number of hydrogen-bond donors (Lipinski definition) is 1. The summed E-state index contributed by atoms with van der Waals surface area (Å²) in [6.45, 7) is 4.87. The van der Waals surface area contributed by atoms with Gasteiger partial charge in [-0.15, -0.1) is 0 Å². The lowest BCUT2D eigenvalue weighted by Gasteiger charge is -2.11. The Morgan fingerprint density at radius 2 is 1.95 bits per heavy atom. The van der Waals surface area contributed by atoms with E-state index >= 15 is 0 Å². The van der Waals surface area contributed by atoms with Gasteiger partial charge in [0.25, 0.3) is 0 Å². The summed E-state index contributed by atoms with van der Waals surface area (Å²) in [5.41, 5.74) is 4.50. The minimum Gasteiger partial charge on any atom is -0.494 e. The van der Waals surface area contributed by atoms with Crippen molar-refractivity contribution in [3.8, 4) is 5.75 Å². The zero-order chi connectivity index (χ0) is 13.8. The average molecular weight is 259 g/mol. The van der Waals surface area contributed by atoms with Crippen LogP contribution in [0.15, 0.2) is 36.4 Å². The molecule has 2 aromatic carbocycles. The molecule has 19 heavy (non-hydrogen) atoms. The van der Waals surface area contributed by atoms with Crippen molar-refractivity contribution in [2.24, 2.45) is 0 Å². The molecule has 100 valence electrons. The Balaban J connectivity index is 2.10. The summed E-state index contributed by atoms with van der Waals surface area (Å²) in [6, 6.07) is 11.1. The molecule has 0 heterocycles. The van der Waals surface area contributed by atoms with Gasteiger partial charge >= 0.3 is 0 Å². The van der Waals surface area contributed by atoms with Gasteiger partial charge in [0.15, 0.2) is 11.6 Å². The fraction of sp³-hybridized carbons (Fsp3) is 0.250. The van der Waals surface area contributed by atoms with Gasteiger partial charge in [-0.3, -0.25) is 0 Å². The van der Waals surface area contributed by atoms with Gasteiger partial charge in [-0.2, -0.15) is 0 Å². The molecule has 0 aliphatic heterocycles. The number of ether oxygens (including phenoxy) is 1. The Hall–Kier alpha value is -2.03. The molecule has 1 N–H and O–H groups in total. The van der Waals surface area contributed by atoms with Crippen molar-refractivity contribution in [1.82, 2.24) is 0 Å². The molecule has 0 spiro atoms. The Bertz CT molecular complexity index is 581. The number of nitrogens with one attached hydrogen (secondary N) is 1. The first-order valence-electron chi connectivity index (χ1n) is 6.24. The van der Waals surface area contributed by atoms with Crippen LogP contribution in [0.4, 0.5) is 10.1 Å². The third-order valence-electron chi connectivity index (χ3n) is 3.35. The van der Waals surface area contributed by atoms with E-state index in [0.29, 0.717) is 6.54 Å². The topological polar surface area (TPSA) is 21.3 Å². The molecular weight excluding hydrogens is 241 g/mol. The van der Waals surface area contributed by atoms with Crippen molar-refractivity contribution in [1.29, 1.82) is 0 Å². The Morgan fingerprint density at radius 1 is 1.16 bits per heavy atom. The third kappa shape index (κ3) is 3.05. The standard InChI is InChI=1S/C16H18FNO/c1-11-5-4-6-13(12(11)2)10-18-14-7-8-16(19-3)15(17)9-14/h4-9,18H,10H2,1-3H3. The maximum absolute atomic E-state index is 13.6. The van der Waals surface area contributed by atoms with E-state index in [4.69, 9.17) is 4.74 Å². The maximum atomic E-state index is 13.6. The van der Waals surface area contributed by atoms with Gasteiger partial charge in [-0.05, 0) is 42.7 Å². The summed E-state index contributed by atoms with van der Waals surface area (Å²) in [7, 11) is 1.46. The Morgan fingerprint density at radius 3 is 2.63 bits per heavy atom. The van der Waals surface area contributed by atoms with E-state index < -0.39 is 0 Å². The highest BCUT2D eigenvalue weighted by atomic mass is 19.1. The fourth-order valence-corrected chi connectivity index (χ4v) is 1.98. The third-order valence-corrected chi connectivity index (χ3v) is 3.35. The highest BCUT2D eigenvalue weighted by Crippen LogP contribution is 2.21. The summed E-state index contributed by atoms with van der Waals surface area (Å²) < 4.78 is 18.4. The molecular formula is C16H18FNO. The largest absolute Gasteiger partial charge is 0.494 e. The van der Waals surface area contributed by atoms with E-state index in [1.165, 1.54) is 29.9 Å². The van der Waals surface area contributed by atoms with Crippen molar-refractivity contribution < 1.29 is 9.13 Å². The molecule has 0 aliphatic rings. The number of benzene rings is 2. The highest BCUT2D eigenvalue weighted by molar-refractivity contribution is 5.48. The summed E-state index contributed by atoms with van der Waals surface area (Å²) in [5, 5.41) is 3.23. The second-order valence-corrected chi connectivity index (χ2v) is 4.56. The summed E-state index contributed by atoms with van der Waals surface area (Å²) >= 11 is 0. The predicted octanol–water partition coefficient (Wildman–Crippen LogP) is 4.06. The SMILES string of the molecule is COc1ccc(NCc2cccc(C)c2C)cc1F. The van der Waals surface area contributed by atoms with Crippen LogP contribution < -0.4 is 10.1 Å². The molecule has 0 atom stereocenters. The van der Waals surface area contributed by atoms with Crippen molar-refractivity contribution in [2.45, 2.75) is 20.4 Å². The van der Waals surface area contributed by atoms with Gasteiger partial charge in [0.2, 0.25) is 0 Å². The molecule has 0 saturated carbocycles. The first kappa shape index (κ1) is 13.4. The van der Waals surface area contributed by atoms with Crippen molar-refractivity contribution in [3.63, 3.8) is 0 Å². The average Bonchev–Trinajstić information content (AvgIpc) is 2.40. The minimum atomic E-state index is -0.353. The highest BCUT2D eigenvalue weighted by Gasteiger charge is 2.04. The molecule has 2 aromatic rings. The van der Waals surface area contributed by atoms with Crippen molar-refractivity contribution >= 4 is 5.69 Å². The van der Waals surface area contributed by atoms with Crippen LogP contribution >= 0.6 is 0 Å². The molecule has 0 bridgehead atoms. The summed E-state index contributed by atoms with van der Waals surface area (Å²) in [5.74, 6) is -0.0919. The van der Waals surface area contributed by atoms with Gasteiger partial charge in [0, 0.05) is 18.3 Å². The van der Waals surface area contributed by atoms with Gasteiger partial charge in [0.1, 0.15) is 0 Å². The first-order valence-corrected chi connectivity index (χ1v) is 6.24. The Kier molecular flexibility index (Phi) is 4.05. The van der Waals surface area contributed by atoms with Gasteiger partial charge < -0.3 is 10.1 Å². The second kappa shape index (κ2) is 5.74. The molecule has 0 aromatic heterocycles. The smallest absolute Gasteiger partial charge is 0.167 e. The molecule has 3 heteroatoms. The van der Waals surface area contributed by atoms with Crippen LogP contribution in [0.25, 0.3) is 0 Å². The predicted molar refractivity (Wildman–Crippen MR) is 76.2 cm³/mol. The van der Waals surface area contributed by atoms with E-state index in [0.717, 1.165) is 5.69 Å². The van der Waals surface area contributed by atoms with Crippen LogP contribution in [-0.2, 0) is 6.54 Å². The monoisotopic (exact) mass is 259 g/mol. The fourth-order valence-electron chi connectivity index (χ4n) is 1.98. The molecule has 0 aliphatic carbocycles. The molecule has 0 radical (unpaired) electrons. The van der Waals surface area contributed by atoms with Gasteiger partial charge in [-0.1, -0.05) is 18.2 Å². The molecule has 0 fully saturated rings. The first-order chi connectivity index (χ1) is 9.11. The Labute approximate surface area is 113 Å². The number of hydrogen-bond acceptors (Lipinski definition) is 2. The number of halogens is 1. The second-order valence-electron chi connectivity index (χ2n) is 4.56. The van der Waals surface area contributed by atoms with Gasteiger partial charge in [-0.25, -0.2) is 4.39 Å². The zero-order valence-electron chi connectivity index (χ0n) is 11.5. The van der Waals surface area contributed by atoms with Crippen LogP contribution in [0.5, 0.6) is 5.75 Å². The van der Waals surface area contributed by atoms with Crippen LogP contribution in [0, 0.1) is 19.7 Å². The lowest BCUT2D eigenvalue weighted by atomic mass is 10.0. The zero-order valence-corrected chi connectivity index (χ0v) is 11.5. The minimum absolute atomic E-state index is 0.261. The summed E-state index contributed by atoms with van der Waals surface area (Å²) in [4.78, 5) is 0. The number of rotatable bonds is 4. The van der Waals surface area contributed by atoms with E-state index in [1.54, 1.807) is 6.07 Å². The summed E-state index contributed by atoms with van der Waals surface area (Å²) in [6.07, 6.45) is 0. The lowest BCUT2D eigenvalue weighted by Crippen LogP contribution is -2.02. The molecule has 2 nitrogen and oxygen atoms in total. The molecule has 0 saturated heterocycles. The van der Waals surface area contributed by atoms with Crippen LogP contribution in [0.3, 0.4) is 0 Å². The normalized spacial score (nSPS) is 10.3.